The highest BCUT2D eigenvalue weighted by molar-refractivity contribution is 7.91. The van der Waals surface area contributed by atoms with Crippen molar-refractivity contribution in [2.24, 2.45) is 0 Å². The van der Waals surface area contributed by atoms with E-state index in [4.69, 9.17) is 9.47 Å². The number of rotatable bonds is 10. The molecular formula is C41H36O7S2. The summed E-state index contributed by atoms with van der Waals surface area (Å²) in [5.41, 5.74) is 5.80. The van der Waals surface area contributed by atoms with Crippen molar-refractivity contribution >= 4 is 20.0 Å². The van der Waals surface area contributed by atoms with Crippen molar-refractivity contribution in [2.45, 2.75) is 40.9 Å². The number of sulfone groups is 1. The van der Waals surface area contributed by atoms with Crippen LogP contribution in [0, 0.1) is 6.92 Å². The third-order valence-electron chi connectivity index (χ3n) is 8.86. The molecule has 6 aromatic carbocycles. The number of methoxy groups -OCH3 is 1. The topological polar surface area (TPSA) is 107 Å². The molecule has 6 aromatic rings. The fraction of sp³-hybridized carbons (Fsp3) is 0.122. The Kier molecular flexibility index (Phi) is 9.41. The summed E-state index contributed by atoms with van der Waals surface area (Å²) in [5.74, 6) is 1.65. The van der Waals surface area contributed by atoms with Gasteiger partial charge in [-0.1, -0.05) is 86.1 Å². The Bertz CT molecular complexity index is 2370. The molecule has 0 atom stereocenters. The van der Waals surface area contributed by atoms with Crippen LogP contribution < -0.4 is 9.47 Å². The molecule has 0 aliphatic rings. The zero-order valence-electron chi connectivity index (χ0n) is 28.0. The molecule has 50 heavy (non-hydrogen) atoms. The smallest absolute Gasteiger partial charge is 0.294 e. The van der Waals surface area contributed by atoms with E-state index in [0.29, 0.717) is 22.6 Å². The minimum absolute atomic E-state index is 0.140. The van der Waals surface area contributed by atoms with E-state index >= 15 is 0 Å². The number of hydrogen-bond donors (Lipinski definition) is 1. The first-order chi connectivity index (χ1) is 23.8. The second-order valence-corrected chi connectivity index (χ2v) is 15.9. The maximum Gasteiger partial charge on any atom is 0.294 e. The lowest BCUT2D eigenvalue weighted by molar-refractivity contribution is 0.416. The fourth-order valence-electron chi connectivity index (χ4n) is 5.81. The SMILES string of the molecule is COc1ccc(C(C)(C)c2ccc(Oc3ccc(S(=O)(=O)c4ccc(C)cc4)cc3)c(-c3ccc(S(=O)(=O)O)cc3)c2)cc1-c1ccccc1. The summed E-state index contributed by atoms with van der Waals surface area (Å²) < 4.78 is 71.7. The van der Waals surface area contributed by atoms with E-state index in [-0.39, 0.29) is 14.7 Å². The van der Waals surface area contributed by atoms with Gasteiger partial charge in [-0.25, -0.2) is 8.42 Å². The van der Waals surface area contributed by atoms with E-state index < -0.39 is 25.4 Å². The van der Waals surface area contributed by atoms with Crippen LogP contribution in [0.4, 0.5) is 0 Å². The molecule has 6 rings (SSSR count). The first-order valence-corrected chi connectivity index (χ1v) is 18.8. The molecule has 0 bridgehead atoms. The van der Waals surface area contributed by atoms with Crippen LogP contribution in [0.1, 0.15) is 30.5 Å². The molecule has 0 amide bonds. The van der Waals surface area contributed by atoms with Crippen molar-refractivity contribution in [3.05, 3.63) is 156 Å². The summed E-state index contributed by atoms with van der Waals surface area (Å²) in [6.07, 6.45) is 0. The van der Waals surface area contributed by atoms with Gasteiger partial charge in [0.15, 0.2) is 0 Å². The van der Waals surface area contributed by atoms with Crippen LogP contribution in [0.3, 0.4) is 0 Å². The summed E-state index contributed by atoms with van der Waals surface area (Å²) in [6, 6.07) is 40.8. The predicted molar refractivity (Wildman–Crippen MR) is 195 cm³/mol. The zero-order valence-corrected chi connectivity index (χ0v) is 29.6. The van der Waals surface area contributed by atoms with Crippen molar-refractivity contribution in [3.8, 4) is 39.5 Å². The lowest BCUT2D eigenvalue weighted by Crippen LogP contribution is -2.19. The van der Waals surface area contributed by atoms with Crippen molar-refractivity contribution in [3.63, 3.8) is 0 Å². The summed E-state index contributed by atoms with van der Waals surface area (Å²) in [6.45, 7) is 6.14. The number of benzene rings is 6. The van der Waals surface area contributed by atoms with E-state index in [1.54, 1.807) is 55.6 Å². The Balaban J connectivity index is 1.39. The molecule has 0 heterocycles. The first kappa shape index (κ1) is 34.6. The van der Waals surface area contributed by atoms with Gasteiger partial charge in [-0.3, -0.25) is 4.55 Å². The third kappa shape index (κ3) is 7.07. The molecule has 7 nitrogen and oxygen atoms in total. The standard InChI is InChI=1S/C41H36O7S2/c1-28-10-18-34(19-11-28)49(42,43)35-22-16-33(17-23-35)48-40-25-15-32(27-38(40)30-12-20-36(21-13-30)50(44,45)46)41(2,3)31-14-24-39(47-4)37(26-31)29-8-6-5-7-9-29/h5-27H,1-4H3,(H,44,45,46). The summed E-state index contributed by atoms with van der Waals surface area (Å²) >= 11 is 0. The highest BCUT2D eigenvalue weighted by Gasteiger charge is 2.27. The molecular weight excluding hydrogens is 669 g/mol. The highest BCUT2D eigenvalue weighted by Crippen LogP contribution is 2.42. The van der Waals surface area contributed by atoms with E-state index in [0.717, 1.165) is 33.6 Å². The quantitative estimate of drug-likeness (QED) is 0.142. The highest BCUT2D eigenvalue weighted by atomic mass is 32.2. The summed E-state index contributed by atoms with van der Waals surface area (Å²) in [4.78, 5) is 0.122. The molecule has 0 fully saturated rings. The average Bonchev–Trinajstić information content (AvgIpc) is 3.12. The second-order valence-electron chi connectivity index (χ2n) is 12.5. The molecule has 0 aliphatic carbocycles. The van der Waals surface area contributed by atoms with E-state index in [9.17, 15) is 21.4 Å². The van der Waals surface area contributed by atoms with Crippen molar-refractivity contribution in [1.82, 2.24) is 0 Å². The van der Waals surface area contributed by atoms with Crippen molar-refractivity contribution in [2.75, 3.05) is 7.11 Å². The first-order valence-electron chi connectivity index (χ1n) is 15.8. The number of ether oxygens (including phenoxy) is 2. The molecule has 0 aliphatic heterocycles. The van der Waals surface area contributed by atoms with Crippen molar-refractivity contribution < 1.29 is 30.9 Å². The van der Waals surface area contributed by atoms with E-state index in [1.807, 2.05) is 67.6 Å². The molecule has 9 heteroatoms. The van der Waals surface area contributed by atoms with Gasteiger partial charge in [0, 0.05) is 16.5 Å². The number of aryl methyl sites for hydroxylation is 1. The van der Waals surface area contributed by atoms with E-state index in [1.165, 1.54) is 24.3 Å². The lowest BCUT2D eigenvalue weighted by Gasteiger charge is -2.28. The molecule has 0 radical (unpaired) electrons. The van der Waals surface area contributed by atoms with Gasteiger partial charge in [0.2, 0.25) is 9.84 Å². The zero-order chi connectivity index (χ0) is 35.7. The predicted octanol–water partition coefficient (Wildman–Crippen LogP) is 9.54. The van der Waals surface area contributed by atoms with Crippen LogP contribution >= 0.6 is 0 Å². The van der Waals surface area contributed by atoms with Crippen molar-refractivity contribution in [1.29, 1.82) is 0 Å². The second kappa shape index (κ2) is 13.6. The molecule has 254 valence electrons. The fourth-order valence-corrected chi connectivity index (χ4v) is 7.55. The van der Waals surface area contributed by atoms with Gasteiger partial charge in [-0.2, -0.15) is 8.42 Å². The van der Waals surface area contributed by atoms with Gasteiger partial charge in [0.25, 0.3) is 10.1 Å². The van der Waals surface area contributed by atoms with Crippen LogP contribution in [-0.4, -0.2) is 28.5 Å². The molecule has 0 spiro atoms. The van der Waals surface area contributed by atoms with Crippen LogP contribution in [0.25, 0.3) is 22.3 Å². The van der Waals surface area contributed by atoms with Gasteiger partial charge in [-0.15, -0.1) is 0 Å². The normalized spacial score (nSPS) is 12.0. The monoisotopic (exact) mass is 704 g/mol. The Hall–Kier alpha value is -5.22. The van der Waals surface area contributed by atoms with Crippen LogP contribution in [0.2, 0.25) is 0 Å². The third-order valence-corrected chi connectivity index (χ3v) is 11.5. The van der Waals surface area contributed by atoms with Gasteiger partial charge in [-0.05, 0) is 102 Å². The van der Waals surface area contributed by atoms with Gasteiger partial charge >= 0.3 is 0 Å². The Morgan fingerprint density at radius 2 is 1.04 bits per heavy atom. The van der Waals surface area contributed by atoms with Crippen LogP contribution in [-0.2, 0) is 25.4 Å². The largest absolute Gasteiger partial charge is 0.496 e. The molecule has 1 N–H and O–H groups in total. The maximum atomic E-state index is 13.2. The van der Waals surface area contributed by atoms with Gasteiger partial charge < -0.3 is 9.47 Å². The number of hydrogen-bond acceptors (Lipinski definition) is 6. The van der Waals surface area contributed by atoms with Gasteiger partial charge in [0.1, 0.15) is 17.2 Å². The van der Waals surface area contributed by atoms with Crippen LogP contribution in [0.5, 0.6) is 17.2 Å². The summed E-state index contributed by atoms with van der Waals surface area (Å²) in [5, 5.41) is 0. The molecule has 0 unspecified atom stereocenters. The lowest BCUT2D eigenvalue weighted by atomic mass is 9.76. The summed E-state index contributed by atoms with van der Waals surface area (Å²) in [7, 11) is -6.46. The Labute approximate surface area is 293 Å². The molecule has 0 aromatic heterocycles. The minimum Gasteiger partial charge on any atom is -0.496 e. The van der Waals surface area contributed by atoms with Crippen LogP contribution in [0.15, 0.2) is 154 Å². The molecule has 0 saturated heterocycles. The Morgan fingerprint density at radius 1 is 0.560 bits per heavy atom. The maximum absolute atomic E-state index is 13.2. The Morgan fingerprint density at radius 3 is 1.58 bits per heavy atom. The van der Waals surface area contributed by atoms with E-state index in [2.05, 4.69) is 19.9 Å². The molecule has 0 saturated carbocycles. The average molecular weight is 705 g/mol. The van der Waals surface area contributed by atoms with Gasteiger partial charge in [0.05, 0.1) is 21.8 Å². The minimum atomic E-state index is -4.39.